The monoisotopic (exact) mass is 485 g/mol. The molecular weight excluding hydrogens is 448 g/mol. The quantitative estimate of drug-likeness (QED) is 0.475. The third kappa shape index (κ3) is 5.20. The molecule has 1 N–H and O–H groups in total. The van der Waals surface area contributed by atoms with Crippen molar-refractivity contribution in [3.63, 3.8) is 0 Å². The molecule has 190 valence electrons. The molecule has 3 aliphatic rings. The van der Waals surface area contributed by atoms with Gasteiger partial charge >= 0.3 is 0 Å². The first-order valence-electron chi connectivity index (χ1n) is 13.2. The minimum absolute atomic E-state index is 0.00142. The first-order chi connectivity index (χ1) is 16.7. The summed E-state index contributed by atoms with van der Waals surface area (Å²) in [4.78, 5) is 13.1. The zero-order chi connectivity index (χ0) is 24.8. The number of Topliss-reactive ketones (excluding diaryl/α,β-unsaturated/α-hetero) is 1. The van der Waals surface area contributed by atoms with Gasteiger partial charge in [-0.25, -0.2) is 8.78 Å². The maximum Gasteiger partial charge on any atom is 0.248 e. The highest BCUT2D eigenvalue weighted by Gasteiger charge is 2.52. The fourth-order valence-electron chi connectivity index (χ4n) is 6.38. The number of benzene rings is 1. The Labute approximate surface area is 206 Å². The lowest BCUT2D eigenvalue weighted by atomic mass is 9.55. The van der Waals surface area contributed by atoms with Crippen LogP contribution in [0.3, 0.4) is 0 Å². The van der Waals surface area contributed by atoms with E-state index in [0.717, 1.165) is 48.5 Å². The predicted molar refractivity (Wildman–Crippen MR) is 130 cm³/mol. The summed E-state index contributed by atoms with van der Waals surface area (Å²) in [5, 5.41) is 18.9. The zero-order valence-corrected chi connectivity index (χ0v) is 20.9. The molecule has 3 aliphatic carbocycles. The van der Waals surface area contributed by atoms with Gasteiger partial charge in [-0.1, -0.05) is 23.8 Å². The molecule has 0 bridgehead atoms. The largest absolute Gasteiger partial charge is 0.396 e. The average molecular weight is 486 g/mol. The third-order valence-corrected chi connectivity index (χ3v) is 8.63. The van der Waals surface area contributed by atoms with Gasteiger partial charge in [-0.2, -0.15) is 0 Å². The second kappa shape index (κ2) is 9.38. The van der Waals surface area contributed by atoms with E-state index in [4.69, 9.17) is 0 Å². The van der Waals surface area contributed by atoms with Gasteiger partial charge in [0, 0.05) is 50.2 Å². The number of alkyl halides is 2. The van der Waals surface area contributed by atoms with E-state index in [1.54, 1.807) is 0 Å². The maximum atomic E-state index is 13.7. The number of aliphatic hydroxyl groups is 1. The van der Waals surface area contributed by atoms with Crippen molar-refractivity contribution in [2.45, 2.75) is 108 Å². The summed E-state index contributed by atoms with van der Waals surface area (Å²) in [6.45, 7) is 4.08. The fraction of sp³-hybridized carbons (Fsp3) is 0.679. The summed E-state index contributed by atoms with van der Waals surface area (Å²) in [5.74, 6) is -0.477. The molecule has 5 rings (SSSR count). The SMILES string of the molecule is Cc1ccc(CC(=O)C[C@H](CCO)c2nnc(C3CC4(CCC(F)(F)CC4)C3)n2C2CC2)c(C)c1. The lowest BCUT2D eigenvalue weighted by molar-refractivity contribution is -0.119. The van der Waals surface area contributed by atoms with Gasteiger partial charge in [-0.3, -0.25) is 4.79 Å². The van der Waals surface area contributed by atoms with Gasteiger partial charge in [0.2, 0.25) is 5.92 Å². The molecular formula is C28H37F2N3O2. The number of hydrogen-bond donors (Lipinski definition) is 1. The van der Waals surface area contributed by atoms with E-state index >= 15 is 0 Å². The molecule has 0 unspecified atom stereocenters. The molecule has 0 amide bonds. The normalized spacial score (nSPS) is 22.2. The van der Waals surface area contributed by atoms with Crippen molar-refractivity contribution in [1.82, 2.24) is 14.8 Å². The fourth-order valence-corrected chi connectivity index (χ4v) is 6.38. The van der Waals surface area contributed by atoms with Crippen LogP contribution in [0.4, 0.5) is 8.78 Å². The predicted octanol–water partition coefficient (Wildman–Crippen LogP) is 5.97. The molecule has 0 radical (unpaired) electrons. The van der Waals surface area contributed by atoms with Crippen LogP contribution in [0, 0.1) is 19.3 Å². The van der Waals surface area contributed by atoms with Gasteiger partial charge in [0.15, 0.2) is 0 Å². The Morgan fingerprint density at radius 1 is 1.14 bits per heavy atom. The van der Waals surface area contributed by atoms with E-state index in [0.29, 0.717) is 38.1 Å². The smallest absolute Gasteiger partial charge is 0.248 e. The van der Waals surface area contributed by atoms with Gasteiger partial charge in [0.05, 0.1) is 0 Å². The molecule has 0 saturated heterocycles. The van der Waals surface area contributed by atoms with Crippen LogP contribution in [0.2, 0.25) is 0 Å². The molecule has 1 spiro atoms. The van der Waals surface area contributed by atoms with Crippen LogP contribution in [-0.4, -0.2) is 38.2 Å². The number of nitrogens with zero attached hydrogens (tertiary/aromatic N) is 3. The second-order valence-electron chi connectivity index (χ2n) is 11.5. The number of aromatic nitrogens is 3. The molecule has 3 fully saturated rings. The number of halogens is 2. The van der Waals surface area contributed by atoms with Crippen molar-refractivity contribution in [2.75, 3.05) is 6.61 Å². The number of aryl methyl sites for hydroxylation is 2. The Morgan fingerprint density at radius 2 is 1.86 bits per heavy atom. The highest BCUT2D eigenvalue weighted by Crippen LogP contribution is 2.60. The second-order valence-corrected chi connectivity index (χ2v) is 11.5. The molecule has 2 aromatic rings. The van der Waals surface area contributed by atoms with E-state index < -0.39 is 5.92 Å². The van der Waals surface area contributed by atoms with Crippen molar-refractivity contribution < 1.29 is 18.7 Å². The molecule has 1 atom stereocenters. The first kappa shape index (κ1) is 24.5. The van der Waals surface area contributed by atoms with Gasteiger partial charge in [0.25, 0.3) is 0 Å². The maximum absolute atomic E-state index is 13.7. The highest BCUT2D eigenvalue weighted by molar-refractivity contribution is 5.82. The van der Waals surface area contributed by atoms with Crippen LogP contribution in [-0.2, 0) is 11.2 Å². The lowest BCUT2D eigenvalue weighted by Crippen LogP contribution is -2.42. The minimum Gasteiger partial charge on any atom is -0.396 e. The van der Waals surface area contributed by atoms with Gasteiger partial charge < -0.3 is 9.67 Å². The number of carbonyl (C=O) groups is 1. The molecule has 0 aliphatic heterocycles. The van der Waals surface area contributed by atoms with Crippen molar-refractivity contribution in [1.29, 1.82) is 0 Å². The van der Waals surface area contributed by atoms with Crippen LogP contribution < -0.4 is 0 Å². The summed E-state index contributed by atoms with van der Waals surface area (Å²) in [6, 6.07) is 6.53. The molecule has 7 heteroatoms. The zero-order valence-electron chi connectivity index (χ0n) is 20.9. The minimum atomic E-state index is -2.50. The standard InChI is InChI=1S/C28H37F2N3O2/c1-18-3-4-20(19(2)13-18)14-24(35)15-21(7-12-34)25-31-32-26(33(25)23-5-6-23)22-16-27(17-22)8-10-28(29,30)11-9-27/h3-4,13,21-23,34H,5-12,14-17H2,1-2H3/t21-/m0/s1. The number of ketones is 1. The number of rotatable bonds is 9. The van der Waals surface area contributed by atoms with E-state index in [2.05, 4.69) is 20.8 Å². The van der Waals surface area contributed by atoms with Gasteiger partial charge in [-0.05, 0) is 75.3 Å². The number of hydrogen-bond acceptors (Lipinski definition) is 4. The van der Waals surface area contributed by atoms with Crippen molar-refractivity contribution in [3.8, 4) is 0 Å². The summed E-state index contributed by atoms with van der Waals surface area (Å²) in [7, 11) is 0. The topological polar surface area (TPSA) is 68.0 Å². The summed E-state index contributed by atoms with van der Waals surface area (Å²) in [5.41, 5.74) is 3.39. The van der Waals surface area contributed by atoms with Gasteiger partial charge in [0.1, 0.15) is 17.4 Å². The Morgan fingerprint density at radius 3 is 2.49 bits per heavy atom. The molecule has 3 saturated carbocycles. The Kier molecular flexibility index (Phi) is 6.58. The summed E-state index contributed by atoms with van der Waals surface area (Å²) in [6.07, 6.45) is 6.36. The summed E-state index contributed by atoms with van der Waals surface area (Å²) < 4.78 is 29.6. The number of aliphatic hydroxyl groups excluding tert-OH is 1. The highest BCUT2D eigenvalue weighted by atomic mass is 19.3. The average Bonchev–Trinajstić information content (AvgIpc) is 3.52. The van der Waals surface area contributed by atoms with E-state index in [9.17, 15) is 18.7 Å². The van der Waals surface area contributed by atoms with E-state index in [1.165, 1.54) is 5.56 Å². The summed E-state index contributed by atoms with van der Waals surface area (Å²) >= 11 is 0. The van der Waals surface area contributed by atoms with Crippen molar-refractivity contribution >= 4 is 5.78 Å². The molecule has 1 aromatic carbocycles. The first-order valence-corrected chi connectivity index (χ1v) is 13.2. The Balaban J connectivity index is 1.30. The van der Waals surface area contributed by atoms with Crippen LogP contribution in [0.1, 0.15) is 110 Å². The van der Waals surface area contributed by atoms with Crippen LogP contribution >= 0.6 is 0 Å². The molecule has 35 heavy (non-hydrogen) atoms. The molecule has 1 heterocycles. The third-order valence-electron chi connectivity index (χ3n) is 8.63. The van der Waals surface area contributed by atoms with Crippen LogP contribution in [0.25, 0.3) is 0 Å². The van der Waals surface area contributed by atoms with Gasteiger partial charge in [-0.15, -0.1) is 10.2 Å². The van der Waals surface area contributed by atoms with Crippen molar-refractivity contribution in [2.24, 2.45) is 5.41 Å². The Bertz CT molecular complexity index is 1070. The van der Waals surface area contributed by atoms with Crippen LogP contribution in [0.15, 0.2) is 18.2 Å². The lowest BCUT2D eigenvalue weighted by Gasteiger charge is -2.51. The van der Waals surface area contributed by atoms with E-state index in [-0.39, 0.29) is 42.5 Å². The molecule has 5 nitrogen and oxygen atoms in total. The Hall–Kier alpha value is -2.15. The van der Waals surface area contributed by atoms with Crippen molar-refractivity contribution in [3.05, 3.63) is 46.5 Å². The number of carbonyl (C=O) groups excluding carboxylic acids is 1. The van der Waals surface area contributed by atoms with E-state index in [1.807, 2.05) is 26.0 Å². The molecule has 1 aromatic heterocycles. The van der Waals surface area contributed by atoms with Crippen LogP contribution in [0.5, 0.6) is 0 Å².